The lowest BCUT2D eigenvalue weighted by atomic mass is 10.2. The van der Waals surface area contributed by atoms with Gasteiger partial charge in [0.05, 0.1) is 5.69 Å². The number of aromatic nitrogens is 4. The largest absolute Gasteiger partial charge is 0.421 e. The van der Waals surface area contributed by atoms with Crippen LogP contribution < -0.4 is 10.5 Å². The molecular weight excluding hydrogens is 266 g/mol. The summed E-state index contributed by atoms with van der Waals surface area (Å²) in [6, 6.07) is 13.1. The first-order chi connectivity index (χ1) is 10.1. The second kappa shape index (κ2) is 5.24. The second-order valence-electron chi connectivity index (χ2n) is 4.67. The van der Waals surface area contributed by atoms with E-state index in [1.165, 1.54) is 0 Å². The van der Waals surface area contributed by atoms with Crippen molar-refractivity contribution < 1.29 is 4.74 Å². The van der Waals surface area contributed by atoms with Crippen LogP contribution in [0.15, 0.2) is 42.5 Å². The van der Waals surface area contributed by atoms with Crippen molar-refractivity contribution in [3.63, 3.8) is 0 Å². The van der Waals surface area contributed by atoms with Crippen LogP contribution in [-0.4, -0.2) is 19.7 Å². The number of aryl methyl sites for hydroxylation is 2. The molecule has 0 aliphatic rings. The maximum atomic E-state index is 5.84. The van der Waals surface area contributed by atoms with Crippen LogP contribution in [0.1, 0.15) is 5.69 Å². The van der Waals surface area contributed by atoms with Crippen molar-refractivity contribution in [3.05, 3.63) is 48.2 Å². The van der Waals surface area contributed by atoms with Gasteiger partial charge in [-0.1, -0.05) is 30.3 Å². The molecule has 0 unspecified atom stereocenters. The molecule has 0 saturated heterocycles. The van der Waals surface area contributed by atoms with E-state index in [2.05, 4.69) is 15.1 Å². The molecular formula is C15H15N5O. The average Bonchev–Trinajstić information content (AvgIpc) is 2.77. The van der Waals surface area contributed by atoms with E-state index in [9.17, 15) is 0 Å². The van der Waals surface area contributed by atoms with Gasteiger partial charge in [-0.05, 0) is 6.92 Å². The third-order valence-electron chi connectivity index (χ3n) is 2.92. The van der Waals surface area contributed by atoms with Crippen molar-refractivity contribution in [1.82, 2.24) is 19.7 Å². The van der Waals surface area contributed by atoms with E-state index in [4.69, 9.17) is 10.5 Å². The van der Waals surface area contributed by atoms with Gasteiger partial charge in [0, 0.05) is 24.7 Å². The fourth-order valence-corrected chi connectivity index (χ4v) is 2.00. The van der Waals surface area contributed by atoms with Crippen molar-refractivity contribution >= 4 is 5.82 Å². The van der Waals surface area contributed by atoms with Crippen molar-refractivity contribution in [2.24, 2.45) is 7.05 Å². The van der Waals surface area contributed by atoms with Crippen LogP contribution in [0.4, 0.5) is 5.82 Å². The Labute approximate surface area is 122 Å². The third kappa shape index (κ3) is 2.84. The molecule has 6 nitrogen and oxygen atoms in total. The van der Waals surface area contributed by atoms with E-state index in [1.54, 1.807) is 10.7 Å². The molecule has 0 saturated carbocycles. The lowest BCUT2D eigenvalue weighted by Crippen LogP contribution is -2.00. The summed E-state index contributed by atoms with van der Waals surface area (Å²) in [4.78, 5) is 8.63. The number of nitrogens with two attached hydrogens (primary N) is 1. The summed E-state index contributed by atoms with van der Waals surface area (Å²) in [5, 5.41) is 4.23. The van der Waals surface area contributed by atoms with Crippen LogP contribution in [0.25, 0.3) is 11.4 Å². The van der Waals surface area contributed by atoms with Crippen LogP contribution in [0, 0.1) is 6.92 Å². The van der Waals surface area contributed by atoms with Gasteiger partial charge in [-0.2, -0.15) is 10.1 Å². The smallest absolute Gasteiger partial charge is 0.227 e. The summed E-state index contributed by atoms with van der Waals surface area (Å²) in [5.41, 5.74) is 7.60. The molecule has 0 aliphatic carbocycles. The molecule has 2 aromatic heterocycles. The van der Waals surface area contributed by atoms with E-state index in [0.29, 0.717) is 23.4 Å². The molecule has 2 N–H and O–H groups in total. The van der Waals surface area contributed by atoms with Crippen molar-refractivity contribution in [2.45, 2.75) is 6.92 Å². The summed E-state index contributed by atoms with van der Waals surface area (Å²) < 4.78 is 7.39. The van der Waals surface area contributed by atoms with Crippen LogP contribution in [0.3, 0.4) is 0 Å². The summed E-state index contributed by atoms with van der Waals surface area (Å²) in [6.45, 7) is 1.90. The van der Waals surface area contributed by atoms with Crippen LogP contribution in [0.5, 0.6) is 11.8 Å². The van der Waals surface area contributed by atoms with Crippen LogP contribution in [-0.2, 0) is 7.05 Å². The van der Waals surface area contributed by atoms with Crippen molar-refractivity contribution in [2.75, 3.05) is 5.73 Å². The predicted octanol–water partition coefficient (Wildman–Crippen LogP) is 2.56. The van der Waals surface area contributed by atoms with E-state index in [1.807, 2.05) is 50.4 Å². The molecule has 0 bridgehead atoms. The van der Waals surface area contributed by atoms with E-state index >= 15 is 0 Å². The zero-order valence-corrected chi connectivity index (χ0v) is 11.8. The minimum Gasteiger partial charge on any atom is -0.421 e. The molecule has 0 amide bonds. The van der Waals surface area contributed by atoms with Gasteiger partial charge in [0.15, 0.2) is 5.82 Å². The minimum absolute atomic E-state index is 0.359. The number of nitrogen functional groups attached to an aromatic ring is 1. The number of nitrogens with zero attached hydrogens (tertiary/aromatic N) is 4. The molecule has 0 atom stereocenters. The van der Waals surface area contributed by atoms with Crippen LogP contribution >= 0.6 is 0 Å². The summed E-state index contributed by atoms with van der Waals surface area (Å²) in [7, 11) is 1.81. The quantitative estimate of drug-likeness (QED) is 0.798. The van der Waals surface area contributed by atoms with Gasteiger partial charge in [-0.25, -0.2) is 9.67 Å². The zero-order valence-electron chi connectivity index (χ0n) is 11.8. The molecule has 0 spiro atoms. The maximum Gasteiger partial charge on any atom is 0.227 e. The van der Waals surface area contributed by atoms with Crippen LogP contribution in [0.2, 0.25) is 0 Å². The summed E-state index contributed by atoms with van der Waals surface area (Å²) in [5.74, 6) is 1.89. The lowest BCUT2D eigenvalue weighted by Gasteiger charge is -2.07. The number of rotatable bonds is 3. The van der Waals surface area contributed by atoms with E-state index in [0.717, 1.165) is 11.3 Å². The highest BCUT2D eigenvalue weighted by Crippen LogP contribution is 2.24. The predicted molar refractivity (Wildman–Crippen MR) is 79.9 cm³/mol. The Morgan fingerprint density at radius 3 is 2.52 bits per heavy atom. The van der Waals surface area contributed by atoms with Gasteiger partial charge in [-0.3, -0.25) is 0 Å². The number of hydrogen-bond acceptors (Lipinski definition) is 5. The first-order valence-corrected chi connectivity index (χ1v) is 6.50. The highest BCUT2D eigenvalue weighted by Gasteiger charge is 2.09. The Balaban J connectivity index is 1.97. The molecule has 3 rings (SSSR count). The summed E-state index contributed by atoms with van der Waals surface area (Å²) in [6.07, 6.45) is 0. The topological polar surface area (TPSA) is 78.9 Å². The SMILES string of the molecule is Cc1cc(Oc2cc(N)nc(-c3ccccc3)n2)n(C)n1. The molecule has 106 valence electrons. The first kappa shape index (κ1) is 13.1. The Hall–Kier alpha value is -2.89. The summed E-state index contributed by atoms with van der Waals surface area (Å²) >= 11 is 0. The van der Waals surface area contributed by atoms with Gasteiger partial charge in [0.1, 0.15) is 5.82 Å². The number of ether oxygens (including phenoxy) is 1. The normalized spacial score (nSPS) is 10.6. The molecule has 6 heteroatoms. The molecule has 0 aliphatic heterocycles. The molecule has 1 aromatic carbocycles. The van der Waals surface area contributed by atoms with Crippen molar-refractivity contribution in [3.8, 4) is 23.1 Å². The Kier molecular flexibility index (Phi) is 3.27. The Morgan fingerprint density at radius 2 is 1.86 bits per heavy atom. The van der Waals surface area contributed by atoms with E-state index in [-0.39, 0.29) is 0 Å². The molecule has 21 heavy (non-hydrogen) atoms. The van der Waals surface area contributed by atoms with E-state index < -0.39 is 0 Å². The lowest BCUT2D eigenvalue weighted by molar-refractivity contribution is 0.415. The monoisotopic (exact) mass is 281 g/mol. The Bertz CT molecular complexity index is 767. The fraction of sp³-hybridized carbons (Fsp3) is 0.133. The molecule has 0 radical (unpaired) electrons. The maximum absolute atomic E-state index is 5.84. The van der Waals surface area contributed by atoms with Gasteiger partial charge in [-0.15, -0.1) is 0 Å². The number of benzene rings is 1. The minimum atomic E-state index is 0.359. The highest BCUT2D eigenvalue weighted by atomic mass is 16.5. The molecule has 3 aromatic rings. The van der Waals surface area contributed by atoms with Gasteiger partial charge in [0.25, 0.3) is 0 Å². The van der Waals surface area contributed by atoms with Crippen molar-refractivity contribution in [1.29, 1.82) is 0 Å². The Morgan fingerprint density at radius 1 is 1.10 bits per heavy atom. The van der Waals surface area contributed by atoms with Gasteiger partial charge < -0.3 is 10.5 Å². The van der Waals surface area contributed by atoms with Gasteiger partial charge in [0.2, 0.25) is 11.8 Å². The third-order valence-corrected chi connectivity index (χ3v) is 2.92. The molecule has 0 fully saturated rings. The van der Waals surface area contributed by atoms with Gasteiger partial charge >= 0.3 is 0 Å². The zero-order chi connectivity index (χ0) is 14.8. The first-order valence-electron chi connectivity index (χ1n) is 6.50. The number of anilines is 1. The standard InChI is InChI=1S/C15H15N5O/c1-10-8-14(20(2)19-10)21-13-9-12(16)17-15(18-13)11-6-4-3-5-7-11/h3-9H,1-2H3,(H2,16,17,18). The fourth-order valence-electron chi connectivity index (χ4n) is 2.00. The second-order valence-corrected chi connectivity index (χ2v) is 4.67. The highest BCUT2D eigenvalue weighted by molar-refractivity contribution is 5.57. The molecule has 2 heterocycles. The number of hydrogen-bond donors (Lipinski definition) is 1. The average molecular weight is 281 g/mol.